The van der Waals surface area contributed by atoms with Crippen molar-refractivity contribution < 1.29 is 14.3 Å². The minimum atomic E-state index is -0.129. The van der Waals surface area contributed by atoms with Gasteiger partial charge in [0.2, 0.25) is 5.91 Å². The van der Waals surface area contributed by atoms with Crippen LogP contribution in [0.4, 0.5) is 5.82 Å². The molecule has 4 rings (SSSR count). The van der Waals surface area contributed by atoms with Crippen LogP contribution in [0.2, 0.25) is 0 Å². The second kappa shape index (κ2) is 6.77. The number of aromatic nitrogens is 1. The first-order chi connectivity index (χ1) is 12.2. The number of nitrogens with zero attached hydrogens (tertiary/aromatic N) is 2. The van der Waals surface area contributed by atoms with E-state index in [1.165, 1.54) is 0 Å². The first kappa shape index (κ1) is 16.5. The number of rotatable bonds is 3. The molecule has 5 nitrogen and oxygen atoms in total. The van der Waals surface area contributed by atoms with Gasteiger partial charge >= 0.3 is 0 Å². The number of carbonyl (C=O) groups excluding carboxylic acids is 1. The van der Waals surface area contributed by atoms with Gasteiger partial charge in [0.1, 0.15) is 11.6 Å². The van der Waals surface area contributed by atoms with Gasteiger partial charge in [0.25, 0.3) is 0 Å². The Bertz CT molecular complexity index is 794. The number of fused-ring (bicyclic) bond motifs is 3. The number of pyridine rings is 1. The predicted molar refractivity (Wildman–Crippen MR) is 97.8 cm³/mol. The summed E-state index contributed by atoms with van der Waals surface area (Å²) >= 11 is 3.51. The van der Waals surface area contributed by atoms with Crippen molar-refractivity contribution in [3.63, 3.8) is 0 Å². The van der Waals surface area contributed by atoms with Gasteiger partial charge in [-0.15, -0.1) is 0 Å². The molecule has 6 heteroatoms. The molecule has 1 aromatic carbocycles. The Balaban J connectivity index is 1.71. The summed E-state index contributed by atoms with van der Waals surface area (Å²) in [7, 11) is 1.64. The summed E-state index contributed by atoms with van der Waals surface area (Å²) in [4.78, 5) is 19.5. The van der Waals surface area contributed by atoms with Crippen molar-refractivity contribution in [3.05, 3.63) is 52.1 Å². The van der Waals surface area contributed by atoms with Crippen molar-refractivity contribution in [2.75, 3.05) is 25.2 Å². The molecule has 2 aliphatic rings. The number of hydrogen-bond donors (Lipinski definition) is 0. The van der Waals surface area contributed by atoms with Crippen LogP contribution in [0.1, 0.15) is 23.5 Å². The van der Waals surface area contributed by atoms with Crippen LogP contribution < -0.4 is 9.64 Å². The molecule has 0 radical (unpaired) electrons. The standard InChI is InChI=1S/C19H19BrN2O3/c1-24-14-4-2-12(3-5-14)10-22-18-16(8-13(20)9-21-18)15-6-7-25-11-17(15)19(22)23/h2-5,8-9,15,17H,6-7,10-11H2,1H3. The first-order valence-electron chi connectivity index (χ1n) is 8.35. The normalized spacial score (nSPS) is 22.3. The monoisotopic (exact) mass is 402 g/mol. The van der Waals surface area contributed by atoms with Gasteiger partial charge in [-0.2, -0.15) is 0 Å². The molecular formula is C19H19BrN2O3. The molecule has 2 aromatic rings. The van der Waals surface area contributed by atoms with Gasteiger partial charge in [-0.25, -0.2) is 4.98 Å². The van der Waals surface area contributed by atoms with Gasteiger partial charge in [0.15, 0.2) is 0 Å². The summed E-state index contributed by atoms with van der Waals surface area (Å²) in [6.45, 7) is 1.67. The SMILES string of the molecule is COc1ccc(CN2C(=O)C3COCCC3c3cc(Br)cnc32)cc1. The van der Waals surface area contributed by atoms with Crippen molar-refractivity contribution in [2.24, 2.45) is 5.92 Å². The molecule has 1 aromatic heterocycles. The van der Waals surface area contributed by atoms with Crippen molar-refractivity contribution >= 4 is 27.7 Å². The van der Waals surface area contributed by atoms with Gasteiger partial charge in [-0.1, -0.05) is 12.1 Å². The van der Waals surface area contributed by atoms with Crippen LogP contribution in [-0.2, 0) is 16.1 Å². The minimum absolute atomic E-state index is 0.0999. The van der Waals surface area contributed by atoms with Crippen LogP contribution in [0.5, 0.6) is 5.75 Å². The summed E-state index contributed by atoms with van der Waals surface area (Å²) in [5.41, 5.74) is 2.18. The molecule has 2 atom stereocenters. The summed E-state index contributed by atoms with van der Waals surface area (Å²) < 4.78 is 11.7. The van der Waals surface area contributed by atoms with Gasteiger partial charge in [0, 0.05) is 28.8 Å². The van der Waals surface area contributed by atoms with Crippen molar-refractivity contribution in [3.8, 4) is 5.75 Å². The van der Waals surface area contributed by atoms with E-state index in [2.05, 4.69) is 27.0 Å². The Morgan fingerprint density at radius 3 is 2.88 bits per heavy atom. The fourth-order valence-electron chi connectivity index (χ4n) is 3.67. The molecular weight excluding hydrogens is 384 g/mol. The van der Waals surface area contributed by atoms with Crippen molar-refractivity contribution in [2.45, 2.75) is 18.9 Å². The molecule has 25 heavy (non-hydrogen) atoms. The molecule has 1 fully saturated rings. The first-order valence-corrected chi connectivity index (χ1v) is 9.14. The highest BCUT2D eigenvalue weighted by Gasteiger charge is 2.42. The molecule has 0 saturated carbocycles. The predicted octanol–water partition coefficient (Wildman–Crippen LogP) is 3.52. The highest BCUT2D eigenvalue weighted by molar-refractivity contribution is 9.10. The largest absolute Gasteiger partial charge is 0.497 e. The average Bonchev–Trinajstić information content (AvgIpc) is 2.66. The van der Waals surface area contributed by atoms with E-state index in [1.807, 2.05) is 24.3 Å². The Morgan fingerprint density at radius 1 is 1.32 bits per heavy atom. The quantitative estimate of drug-likeness (QED) is 0.787. The van der Waals surface area contributed by atoms with Crippen LogP contribution in [0.15, 0.2) is 41.0 Å². The molecule has 0 N–H and O–H groups in total. The lowest BCUT2D eigenvalue weighted by Gasteiger charge is -2.40. The number of ether oxygens (including phenoxy) is 2. The highest BCUT2D eigenvalue weighted by Crippen LogP contribution is 2.43. The Kier molecular flexibility index (Phi) is 4.48. The second-order valence-corrected chi connectivity index (χ2v) is 7.33. The zero-order valence-corrected chi connectivity index (χ0v) is 15.5. The lowest BCUT2D eigenvalue weighted by atomic mass is 9.79. The van der Waals surface area contributed by atoms with Crippen LogP contribution in [0, 0.1) is 5.92 Å². The smallest absolute Gasteiger partial charge is 0.234 e. The van der Waals surface area contributed by atoms with Gasteiger partial charge in [-0.05, 0) is 46.1 Å². The van der Waals surface area contributed by atoms with Gasteiger partial charge < -0.3 is 9.47 Å². The maximum absolute atomic E-state index is 13.1. The lowest BCUT2D eigenvalue weighted by molar-refractivity contribution is -0.128. The third-order valence-electron chi connectivity index (χ3n) is 4.96. The van der Waals surface area contributed by atoms with Crippen LogP contribution in [0.25, 0.3) is 0 Å². The van der Waals surface area contributed by atoms with E-state index >= 15 is 0 Å². The Labute approximate surface area is 155 Å². The summed E-state index contributed by atoms with van der Waals surface area (Å²) in [6, 6.07) is 9.87. The fraction of sp³-hybridized carbons (Fsp3) is 0.368. The van der Waals surface area contributed by atoms with E-state index in [1.54, 1.807) is 18.2 Å². The number of hydrogen-bond acceptors (Lipinski definition) is 4. The number of benzene rings is 1. The van der Waals surface area contributed by atoms with Crippen LogP contribution >= 0.6 is 15.9 Å². The Morgan fingerprint density at radius 2 is 2.12 bits per heavy atom. The second-order valence-electron chi connectivity index (χ2n) is 6.42. The third kappa shape index (κ3) is 3.04. The van der Waals surface area contributed by atoms with E-state index < -0.39 is 0 Å². The Hall–Kier alpha value is -1.92. The average molecular weight is 403 g/mol. The molecule has 3 heterocycles. The maximum atomic E-state index is 13.1. The fourth-order valence-corrected chi connectivity index (χ4v) is 4.02. The van der Waals surface area contributed by atoms with E-state index in [0.717, 1.165) is 33.6 Å². The van der Waals surface area contributed by atoms with Gasteiger partial charge in [0.05, 0.1) is 26.2 Å². The molecule has 2 unspecified atom stereocenters. The van der Waals surface area contributed by atoms with Gasteiger partial charge in [-0.3, -0.25) is 9.69 Å². The zero-order valence-electron chi connectivity index (χ0n) is 13.9. The van der Waals surface area contributed by atoms with Crippen molar-refractivity contribution in [1.29, 1.82) is 0 Å². The van der Waals surface area contributed by atoms with E-state index in [-0.39, 0.29) is 17.7 Å². The topological polar surface area (TPSA) is 51.7 Å². The van der Waals surface area contributed by atoms with E-state index in [4.69, 9.17) is 9.47 Å². The number of anilines is 1. The van der Waals surface area contributed by atoms with Crippen LogP contribution in [0.3, 0.4) is 0 Å². The van der Waals surface area contributed by atoms with E-state index in [9.17, 15) is 4.79 Å². The highest BCUT2D eigenvalue weighted by atomic mass is 79.9. The zero-order chi connectivity index (χ0) is 17.4. The number of halogens is 1. The van der Waals surface area contributed by atoms with Crippen molar-refractivity contribution in [1.82, 2.24) is 4.98 Å². The summed E-state index contributed by atoms with van der Waals surface area (Å²) in [5.74, 6) is 1.73. The number of carbonyl (C=O) groups is 1. The molecule has 0 aliphatic carbocycles. The van der Waals surface area contributed by atoms with E-state index in [0.29, 0.717) is 19.8 Å². The number of methoxy groups -OCH3 is 1. The molecule has 0 bridgehead atoms. The molecule has 1 saturated heterocycles. The molecule has 1 amide bonds. The number of amides is 1. The van der Waals surface area contributed by atoms with Crippen LogP contribution in [-0.4, -0.2) is 31.2 Å². The lowest BCUT2D eigenvalue weighted by Crippen LogP contribution is -2.47. The maximum Gasteiger partial charge on any atom is 0.234 e. The summed E-state index contributed by atoms with van der Waals surface area (Å²) in [5, 5.41) is 0. The molecule has 2 aliphatic heterocycles. The molecule has 0 spiro atoms. The third-order valence-corrected chi connectivity index (χ3v) is 5.39. The summed E-state index contributed by atoms with van der Waals surface area (Å²) in [6.07, 6.45) is 2.62. The minimum Gasteiger partial charge on any atom is -0.497 e. The molecule has 130 valence electrons.